The molecule has 0 amide bonds. The Balaban J connectivity index is 1.90. The van der Waals surface area contributed by atoms with Gasteiger partial charge in [-0.3, -0.25) is 4.68 Å². The summed E-state index contributed by atoms with van der Waals surface area (Å²) in [5, 5.41) is 17.4. The zero-order chi connectivity index (χ0) is 9.97. The van der Waals surface area contributed by atoms with Crippen LogP contribution in [-0.4, -0.2) is 33.6 Å². The van der Waals surface area contributed by atoms with E-state index in [1.165, 1.54) is 6.42 Å². The second-order valence-corrected chi connectivity index (χ2v) is 3.96. The highest BCUT2D eigenvalue weighted by Crippen LogP contribution is 2.12. The van der Waals surface area contributed by atoms with Crippen molar-refractivity contribution in [3.63, 3.8) is 0 Å². The molecule has 14 heavy (non-hydrogen) atoms. The van der Waals surface area contributed by atoms with Gasteiger partial charge in [0.1, 0.15) is 0 Å². The van der Waals surface area contributed by atoms with Gasteiger partial charge in [-0.1, -0.05) is 0 Å². The van der Waals surface area contributed by atoms with Gasteiger partial charge >= 0.3 is 0 Å². The van der Waals surface area contributed by atoms with Crippen molar-refractivity contribution >= 4 is 0 Å². The van der Waals surface area contributed by atoms with Gasteiger partial charge in [-0.25, -0.2) is 0 Å². The van der Waals surface area contributed by atoms with Gasteiger partial charge in [-0.15, -0.1) is 0 Å². The van der Waals surface area contributed by atoms with E-state index in [4.69, 9.17) is 0 Å². The van der Waals surface area contributed by atoms with Crippen LogP contribution in [0.5, 0.6) is 0 Å². The van der Waals surface area contributed by atoms with Crippen molar-refractivity contribution in [2.24, 2.45) is 7.05 Å². The summed E-state index contributed by atoms with van der Waals surface area (Å²) in [7, 11) is 1.89. The lowest BCUT2D eigenvalue weighted by Gasteiger charge is -2.16. The number of aryl methyl sites for hydroxylation is 1. The molecule has 0 aromatic carbocycles. The smallest absolute Gasteiger partial charge is 0.0749 e. The topological polar surface area (TPSA) is 50.1 Å². The zero-order valence-electron chi connectivity index (χ0n) is 8.48. The second kappa shape index (κ2) is 4.11. The van der Waals surface area contributed by atoms with E-state index in [2.05, 4.69) is 10.4 Å². The van der Waals surface area contributed by atoms with Crippen LogP contribution in [0, 0.1) is 0 Å². The molecular formula is C10H17N3O. The van der Waals surface area contributed by atoms with E-state index in [-0.39, 0.29) is 12.1 Å². The Hall–Kier alpha value is -0.870. The van der Waals surface area contributed by atoms with E-state index >= 15 is 0 Å². The molecular weight excluding hydrogens is 178 g/mol. The summed E-state index contributed by atoms with van der Waals surface area (Å²) >= 11 is 0. The van der Waals surface area contributed by atoms with Crippen LogP contribution in [0.2, 0.25) is 0 Å². The minimum atomic E-state index is -0.299. The molecule has 2 atom stereocenters. The third-order valence-corrected chi connectivity index (χ3v) is 2.75. The Morgan fingerprint density at radius 1 is 1.79 bits per heavy atom. The summed E-state index contributed by atoms with van der Waals surface area (Å²) in [5.41, 5.74) is 0.966. The average molecular weight is 195 g/mol. The van der Waals surface area contributed by atoms with E-state index in [9.17, 15) is 5.11 Å². The lowest BCUT2D eigenvalue weighted by Crippen LogP contribution is -2.36. The van der Waals surface area contributed by atoms with Crippen LogP contribution in [-0.2, 0) is 13.5 Å². The molecule has 2 unspecified atom stereocenters. The van der Waals surface area contributed by atoms with E-state index in [0.29, 0.717) is 6.42 Å². The van der Waals surface area contributed by atoms with Gasteiger partial charge in [0.15, 0.2) is 0 Å². The molecule has 4 heteroatoms. The van der Waals surface area contributed by atoms with Gasteiger partial charge in [-0.2, -0.15) is 5.10 Å². The van der Waals surface area contributed by atoms with Crippen molar-refractivity contribution in [3.8, 4) is 0 Å². The summed E-state index contributed by atoms with van der Waals surface area (Å²) in [6.07, 6.45) is 4.51. The molecule has 1 aliphatic rings. The molecule has 1 aromatic rings. The van der Waals surface area contributed by atoms with Crippen LogP contribution >= 0.6 is 0 Å². The first-order valence-corrected chi connectivity index (χ1v) is 5.15. The van der Waals surface area contributed by atoms with Crippen LogP contribution in [0.25, 0.3) is 0 Å². The fraction of sp³-hybridized carbons (Fsp3) is 0.700. The van der Waals surface area contributed by atoms with Gasteiger partial charge in [0.25, 0.3) is 0 Å². The summed E-state index contributed by atoms with van der Waals surface area (Å²) < 4.78 is 1.77. The Bertz CT molecular complexity index is 291. The van der Waals surface area contributed by atoms with E-state index in [1.807, 2.05) is 19.3 Å². The lowest BCUT2D eigenvalue weighted by molar-refractivity contribution is 0.135. The molecule has 0 spiro atoms. The quantitative estimate of drug-likeness (QED) is 0.718. The molecule has 2 heterocycles. The highest BCUT2D eigenvalue weighted by molar-refractivity contribution is 5.02. The maximum Gasteiger partial charge on any atom is 0.0749 e. The average Bonchev–Trinajstić information content (AvgIpc) is 2.75. The highest BCUT2D eigenvalue weighted by Gasteiger charge is 2.23. The molecule has 1 aromatic heterocycles. The van der Waals surface area contributed by atoms with Crippen molar-refractivity contribution in [1.82, 2.24) is 15.1 Å². The van der Waals surface area contributed by atoms with Crippen LogP contribution in [0.15, 0.2) is 12.3 Å². The van der Waals surface area contributed by atoms with E-state index in [1.54, 1.807) is 4.68 Å². The minimum Gasteiger partial charge on any atom is -0.391 e. The normalized spacial score (nSPS) is 24.0. The number of aromatic nitrogens is 2. The van der Waals surface area contributed by atoms with Crippen molar-refractivity contribution in [1.29, 1.82) is 0 Å². The minimum absolute atomic E-state index is 0.261. The first-order chi connectivity index (χ1) is 6.75. The number of hydrogen-bond donors (Lipinski definition) is 2. The number of hydrogen-bond acceptors (Lipinski definition) is 3. The molecule has 0 radical (unpaired) electrons. The molecule has 1 fully saturated rings. The fourth-order valence-corrected chi connectivity index (χ4v) is 1.97. The lowest BCUT2D eigenvalue weighted by atomic mass is 10.0. The largest absolute Gasteiger partial charge is 0.391 e. The molecule has 2 N–H and O–H groups in total. The predicted octanol–water partition coefficient (Wildman–Crippen LogP) is 0.0755. The molecule has 0 aliphatic carbocycles. The molecule has 1 aliphatic heterocycles. The Labute approximate surface area is 83.9 Å². The summed E-state index contributed by atoms with van der Waals surface area (Å²) in [4.78, 5) is 0. The Kier molecular flexibility index (Phi) is 2.84. The van der Waals surface area contributed by atoms with Crippen molar-refractivity contribution in [3.05, 3.63) is 18.0 Å². The highest BCUT2D eigenvalue weighted by atomic mass is 16.3. The second-order valence-electron chi connectivity index (χ2n) is 3.96. The standard InChI is InChI=1S/C10H17N3O/c1-13-6-4-8(12-13)7-10(14)9-3-2-5-11-9/h4,6,9-11,14H,2-3,5,7H2,1H3. The Morgan fingerprint density at radius 3 is 3.21 bits per heavy atom. The monoisotopic (exact) mass is 195 g/mol. The molecule has 78 valence electrons. The van der Waals surface area contributed by atoms with Crippen molar-refractivity contribution in [2.75, 3.05) is 6.54 Å². The number of nitrogens with zero attached hydrogens (tertiary/aromatic N) is 2. The van der Waals surface area contributed by atoms with Crippen molar-refractivity contribution in [2.45, 2.75) is 31.4 Å². The van der Waals surface area contributed by atoms with E-state index < -0.39 is 0 Å². The molecule has 4 nitrogen and oxygen atoms in total. The maximum atomic E-state index is 9.90. The van der Waals surface area contributed by atoms with Gasteiger partial charge in [-0.05, 0) is 25.5 Å². The number of aliphatic hydroxyl groups is 1. The summed E-state index contributed by atoms with van der Waals surface area (Å²) in [6.45, 7) is 1.03. The van der Waals surface area contributed by atoms with Crippen LogP contribution in [0.1, 0.15) is 18.5 Å². The fourth-order valence-electron chi connectivity index (χ4n) is 1.97. The van der Waals surface area contributed by atoms with Gasteiger partial charge in [0, 0.05) is 25.7 Å². The van der Waals surface area contributed by atoms with Gasteiger partial charge in [0.2, 0.25) is 0 Å². The SMILES string of the molecule is Cn1ccc(CC(O)C2CCCN2)n1. The summed E-state index contributed by atoms with van der Waals surface area (Å²) in [5.74, 6) is 0. The molecule has 0 saturated carbocycles. The summed E-state index contributed by atoms with van der Waals surface area (Å²) in [6, 6.07) is 2.22. The first-order valence-electron chi connectivity index (χ1n) is 5.15. The van der Waals surface area contributed by atoms with Crippen molar-refractivity contribution < 1.29 is 5.11 Å². The van der Waals surface area contributed by atoms with Gasteiger partial charge in [0.05, 0.1) is 11.8 Å². The Morgan fingerprint density at radius 2 is 2.64 bits per heavy atom. The predicted molar refractivity (Wildman–Crippen MR) is 53.9 cm³/mol. The van der Waals surface area contributed by atoms with Crippen LogP contribution in [0.3, 0.4) is 0 Å². The van der Waals surface area contributed by atoms with Crippen LogP contribution in [0.4, 0.5) is 0 Å². The van der Waals surface area contributed by atoms with Crippen LogP contribution < -0.4 is 5.32 Å². The number of nitrogens with one attached hydrogen (secondary N) is 1. The third-order valence-electron chi connectivity index (χ3n) is 2.75. The number of rotatable bonds is 3. The third kappa shape index (κ3) is 2.13. The maximum absolute atomic E-state index is 9.90. The molecule has 2 rings (SSSR count). The molecule has 1 saturated heterocycles. The zero-order valence-corrected chi connectivity index (χ0v) is 8.48. The van der Waals surface area contributed by atoms with Gasteiger partial charge < -0.3 is 10.4 Å². The van der Waals surface area contributed by atoms with E-state index in [0.717, 1.165) is 18.7 Å². The number of aliphatic hydroxyl groups excluding tert-OH is 1. The first kappa shape index (κ1) is 9.68. The molecule has 0 bridgehead atoms.